The van der Waals surface area contributed by atoms with Crippen LogP contribution in [0.2, 0.25) is 5.02 Å². The highest BCUT2D eigenvalue weighted by Crippen LogP contribution is 2.29. The van der Waals surface area contributed by atoms with Crippen LogP contribution < -0.4 is 4.90 Å². The molecule has 3 rings (SSSR count). The lowest BCUT2D eigenvalue weighted by Crippen LogP contribution is -2.35. The molecule has 136 valence electrons. The average Bonchev–Trinajstić information content (AvgIpc) is 2.87. The lowest BCUT2D eigenvalue weighted by Gasteiger charge is -2.23. The summed E-state index contributed by atoms with van der Waals surface area (Å²) in [6.07, 6.45) is 0.625. The molecule has 1 fully saturated rings. The van der Waals surface area contributed by atoms with Crippen molar-refractivity contribution < 1.29 is 14.1 Å². The van der Waals surface area contributed by atoms with Crippen LogP contribution in [0, 0.1) is 15.9 Å². The summed E-state index contributed by atoms with van der Waals surface area (Å²) in [7, 11) is 0. The maximum Gasteiger partial charge on any atom is 0.292 e. The van der Waals surface area contributed by atoms with Gasteiger partial charge in [0.25, 0.3) is 11.6 Å². The molecule has 0 atom stereocenters. The fourth-order valence-electron chi connectivity index (χ4n) is 3.07. The number of benzene rings is 2. The number of carbonyl (C=O) groups is 1. The van der Waals surface area contributed by atoms with Crippen LogP contribution in [0.3, 0.4) is 0 Å². The van der Waals surface area contributed by atoms with Gasteiger partial charge >= 0.3 is 0 Å². The van der Waals surface area contributed by atoms with Crippen molar-refractivity contribution >= 4 is 28.9 Å². The van der Waals surface area contributed by atoms with Gasteiger partial charge in [-0.05, 0) is 30.7 Å². The number of hydrogen-bond acceptors (Lipinski definition) is 4. The molecular weight excluding hydrogens is 361 g/mol. The van der Waals surface area contributed by atoms with Crippen molar-refractivity contribution in [3.05, 3.63) is 69.0 Å². The minimum atomic E-state index is -0.526. The van der Waals surface area contributed by atoms with Crippen LogP contribution in [0.25, 0.3) is 0 Å². The van der Waals surface area contributed by atoms with E-state index in [4.69, 9.17) is 11.6 Å². The summed E-state index contributed by atoms with van der Waals surface area (Å²) in [6.45, 7) is 1.80. The van der Waals surface area contributed by atoms with E-state index in [1.165, 1.54) is 12.1 Å². The second-order valence-electron chi connectivity index (χ2n) is 6.03. The number of nitrogens with zero attached hydrogens (tertiary/aromatic N) is 3. The highest BCUT2D eigenvalue weighted by Gasteiger charge is 2.25. The van der Waals surface area contributed by atoms with Gasteiger partial charge in [-0.2, -0.15) is 0 Å². The third-order valence-corrected chi connectivity index (χ3v) is 4.56. The SMILES string of the molecule is O=C(c1cccc(Cl)c1)N1CCCN(c2cc(F)ccc2[N+](=O)[O-])CC1. The van der Waals surface area contributed by atoms with E-state index in [9.17, 15) is 19.3 Å². The number of halogens is 2. The first-order chi connectivity index (χ1) is 12.5. The van der Waals surface area contributed by atoms with E-state index in [-0.39, 0.29) is 17.3 Å². The highest BCUT2D eigenvalue weighted by atomic mass is 35.5. The molecule has 0 aromatic heterocycles. The molecule has 1 saturated heterocycles. The predicted octanol–water partition coefficient (Wildman–Crippen LogP) is 3.74. The summed E-state index contributed by atoms with van der Waals surface area (Å²) in [4.78, 5) is 26.8. The fraction of sp³-hybridized carbons (Fsp3) is 0.278. The number of nitro benzene ring substituents is 1. The predicted molar refractivity (Wildman–Crippen MR) is 97.2 cm³/mol. The van der Waals surface area contributed by atoms with E-state index in [1.54, 1.807) is 34.1 Å². The Labute approximate surface area is 154 Å². The highest BCUT2D eigenvalue weighted by molar-refractivity contribution is 6.30. The van der Waals surface area contributed by atoms with Gasteiger partial charge in [0.2, 0.25) is 0 Å². The van der Waals surface area contributed by atoms with Gasteiger partial charge in [0.05, 0.1) is 4.92 Å². The Morgan fingerprint density at radius 3 is 2.65 bits per heavy atom. The number of anilines is 1. The zero-order valence-corrected chi connectivity index (χ0v) is 14.7. The molecule has 1 aliphatic rings. The normalized spacial score (nSPS) is 14.8. The molecule has 0 spiro atoms. The van der Waals surface area contributed by atoms with Crippen molar-refractivity contribution in [1.29, 1.82) is 0 Å². The molecule has 0 aliphatic carbocycles. The number of rotatable bonds is 3. The van der Waals surface area contributed by atoms with Crippen LogP contribution in [-0.4, -0.2) is 41.9 Å². The number of carbonyl (C=O) groups excluding carboxylic acids is 1. The maximum absolute atomic E-state index is 13.6. The first-order valence-electron chi connectivity index (χ1n) is 8.19. The third-order valence-electron chi connectivity index (χ3n) is 4.33. The summed E-state index contributed by atoms with van der Waals surface area (Å²) in [5.41, 5.74) is 0.607. The minimum absolute atomic E-state index is 0.136. The Balaban J connectivity index is 1.78. The van der Waals surface area contributed by atoms with Crippen LogP contribution in [0.1, 0.15) is 16.8 Å². The lowest BCUT2D eigenvalue weighted by molar-refractivity contribution is -0.384. The van der Waals surface area contributed by atoms with Crippen LogP contribution >= 0.6 is 11.6 Å². The zero-order chi connectivity index (χ0) is 18.7. The molecule has 0 bridgehead atoms. The minimum Gasteiger partial charge on any atom is -0.364 e. The van der Waals surface area contributed by atoms with Crippen molar-refractivity contribution in [2.75, 3.05) is 31.1 Å². The standard InChI is InChI=1S/C18H17ClFN3O3/c19-14-4-1-3-13(11-14)18(24)22-8-2-7-21(9-10-22)17-12-15(20)5-6-16(17)23(25)26/h1,3-6,11-12H,2,7-10H2. The van der Waals surface area contributed by atoms with Crippen LogP contribution in [0.4, 0.5) is 15.8 Å². The maximum atomic E-state index is 13.6. The summed E-state index contributed by atoms with van der Waals surface area (Å²) in [5, 5.41) is 11.7. The van der Waals surface area contributed by atoms with Crippen molar-refractivity contribution in [3.63, 3.8) is 0 Å². The quantitative estimate of drug-likeness (QED) is 0.603. The van der Waals surface area contributed by atoms with Crippen molar-refractivity contribution in [2.45, 2.75) is 6.42 Å². The average molecular weight is 378 g/mol. The summed E-state index contributed by atoms with van der Waals surface area (Å²) >= 11 is 5.95. The number of hydrogen-bond donors (Lipinski definition) is 0. The Hall–Kier alpha value is -2.67. The Morgan fingerprint density at radius 1 is 1.12 bits per heavy atom. The van der Waals surface area contributed by atoms with E-state index in [2.05, 4.69) is 0 Å². The lowest BCUT2D eigenvalue weighted by atomic mass is 10.2. The summed E-state index contributed by atoms with van der Waals surface area (Å²) in [6, 6.07) is 10.2. The monoisotopic (exact) mass is 377 g/mol. The molecule has 0 unspecified atom stereocenters. The summed E-state index contributed by atoms with van der Waals surface area (Å²) < 4.78 is 13.6. The molecule has 0 radical (unpaired) electrons. The van der Waals surface area contributed by atoms with Gasteiger partial charge < -0.3 is 9.80 Å². The fourth-order valence-corrected chi connectivity index (χ4v) is 3.26. The molecule has 1 aliphatic heterocycles. The number of amides is 1. The molecule has 0 saturated carbocycles. The van der Waals surface area contributed by atoms with Crippen molar-refractivity contribution in [2.24, 2.45) is 0 Å². The van der Waals surface area contributed by atoms with Gasteiger partial charge in [-0.25, -0.2) is 4.39 Å². The molecule has 0 N–H and O–H groups in total. The Morgan fingerprint density at radius 2 is 1.92 bits per heavy atom. The van der Waals surface area contributed by atoms with Gasteiger partial charge in [0, 0.05) is 48.9 Å². The van der Waals surface area contributed by atoms with Gasteiger partial charge in [0.1, 0.15) is 11.5 Å². The van der Waals surface area contributed by atoms with E-state index < -0.39 is 10.7 Å². The van der Waals surface area contributed by atoms with E-state index >= 15 is 0 Å². The second-order valence-corrected chi connectivity index (χ2v) is 6.47. The zero-order valence-electron chi connectivity index (χ0n) is 13.9. The second kappa shape index (κ2) is 7.70. The third kappa shape index (κ3) is 3.94. The Bertz CT molecular complexity index is 846. The molecular formula is C18H17ClFN3O3. The first kappa shape index (κ1) is 18.1. The molecule has 1 amide bonds. The summed E-state index contributed by atoms with van der Waals surface area (Å²) in [5.74, 6) is -0.662. The largest absolute Gasteiger partial charge is 0.364 e. The molecule has 8 heteroatoms. The Kier molecular flexibility index (Phi) is 5.37. The molecule has 6 nitrogen and oxygen atoms in total. The molecule has 1 heterocycles. The first-order valence-corrected chi connectivity index (χ1v) is 8.57. The van der Waals surface area contributed by atoms with Crippen LogP contribution in [0.5, 0.6) is 0 Å². The van der Waals surface area contributed by atoms with Gasteiger partial charge in [-0.1, -0.05) is 17.7 Å². The molecule has 26 heavy (non-hydrogen) atoms. The topological polar surface area (TPSA) is 66.7 Å². The van der Waals surface area contributed by atoms with Crippen LogP contribution in [0.15, 0.2) is 42.5 Å². The van der Waals surface area contributed by atoms with Gasteiger partial charge in [0.15, 0.2) is 0 Å². The van der Waals surface area contributed by atoms with Crippen LogP contribution in [-0.2, 0) is 0 Å². The van der Waals surface area contributed by atoms with Gasteiger partial charge in [-0.3, -0.25) is 14.9 Å². The van der Waals surface area contributed by atoms with E-state index in [0.29, 0.717) is 43.2 Å². The smallest absolute Gasteiger partial charge is 0.292 e. The van der Waals surface area contributed by atoms with E-state index in [1.807, 2.05) is 0 Å². The van der Waals surface area contributed by atoms with Crippen molar-refractivity contribution in [3.8, 4) is 0 Å². The number of nitro groups is 1. The molecule has 2 aromatic carbocycles. The van der Waals surface area contributed by atoms with Gasteiger partial charge in [-0.15, -0.1) is 0 Å². The van der Waals surface area contributed by atoms with E-state index in [0.717, 1.165) is 6.07 Å². The van der Waals surface area contributed by atoms with Crippen molar-refractivity contribution in [1.82, 2.24) is 4.90 Å². The molecule has 2 aromatic rings.